The van der Waals surface area contributed by atoms with E-state index in [0.717, 1.165) is 36.0 Å². The number of carbonyl (C=O) groups excluding carboxylic acids is 1. The molecule has 51 heavy (non-hydrogen) atoms. The summed E-state index contributed by atoms with van der Waals surface area (Å²) < 4.78 is 10.9. The first-order chi connectivity index (χ1) is 23.9. The first kappa shape index (κ1) is 47.5. The summed E-state index contributed by atoms with van der Waals surface area (Å²) in [5.41, 5.74) is 0. The Balaban J connectivity index is 4.97. The van der Waals surface area contributed by atoms with Crippen LogP contribution >= 0.6 is 0 Å². The second-order valence-corrected chi connectivity index (χ2v) is 14.2. The Bertz CT molecular complexity index is 1040. The lowest BCUT2D eigenvalue weighted by Gasteiger charge is -2.33. The summed E-state index contributed by atoms with van der Waals surface area (Å²) in [7, 11) is 0. The largest absolute Gasteiger partial charge is 0.480 e. The van der Waals surface area contributed by atoms with E-state index >= 15 is 0 Å². The quantitative estimate of drug-likeness (QED) is 0.0369. The van der Waals surface area contributed by atoms with Gasteiger partial charge < -0.3 is 35.0 Å². The van der Waals surface area contributed by atoms with Gasteiger partial charge in [0.2, 0.25) is 0 Å². The Hall–Kier alpha value is -3.50. The van der Waals surface area contributed by atoms with Crippen molar-refractivity contribution in [3.63, 3.8) is 0 Å². The third-order valence-corrected chi connectivity index (χ3v) is 8.56. The Morgan fingerprint density at radius 1 is 0.549 bits per heavy atom. The van der Waals surface area contributed by atoms with Gasteiger partial charge in [-0.3, -0.25) is 38.7 Å². The predicted octanol–water partition coefficient (Wildman–Crippen LogP) is 4.26. The van der Waals surface area contributed by atoms with Crippen LogP contribution in [-0.2, 0) is 33.4 Å². The predicted molar refractivity (Wildman–Crippen MR) is 187 cm³/mol. The summed E-state index contributed by atoms with van der Waals surface area (Å²) in [6.45, 7) is 6.68. The Kier molecular flexibility index (Phi) is 25.3. The van der Waals surface area contributed by atoms with Gasteiger partial charge in [-0.25, -0.2) is 4.79 Å². The van der Waals surface area contributed by atoms with E-state index in [1.807, 2.05) is 6.92 Å². The van der Waals surface area contributed by atoms with Crippen LogP contribution in [0.3, 0.4) is 0 Å². The number of esters is 1. The third-order valence-electron chi connectivity index (χ3n) is 8.56. The molecule has 0 aromatic carbocycles. The lowest BCUT2D eigenvalue weighted by Crippen LogP contribution is -2.52. The highest BCUT2D eigenvalue weighted by Gasteiger charge is 2.29. The number of hydrogen-bond donors (Lipinski definition) is 5. The number of carboxylic acid groups (broad SMARTS) is 5. The number of nitrogens with zero attached hydrogens (tertiary/aromatic N) is 3. The first-order valence-electron chi connectivity index (χ1n) is 18.0. The van der Waals surface area contributed by atoms with Crippen LogP contribution in [0.4, 0.5) is 4.79 Å². The van der Waals surface area contributed by atoms with Crippen molar-refractivity contribution in [2.24, 2.45) is 23.7 Å². The first-order valence-corrected chi connectivity index (χ1v) is 18.0. The molecule has 0 spiro atoms. The average Bonchev–Trinajstić information content (AvgIpc) is 2.98. The molecule has 0 aliphatic heterocycles. The fraction of sp³-hybridized carbons (Fsp3) is 0.829. The number of rotatable bonds is 32. The summed E-state index contributed by atoms with van der Waals surface area (Å²) in [6.07, 6.45) is 7.50. The average molecular weight is 734 g/mol. The highest BCUT2D eigenvalue weighted by molar-refractivity contribution is 5.76. The molecule has 5 N–H and O–H groups in total. The zero-order chi connectivity index (χ0) is 38.9. The molecule has 0 bridgehead atoms. The van der Waals surface area contributed by atoms with E-state index in [-0.39, 0.29) is 38.6 Å². The molecule has 0 rings (SSSR count). The van der Waals surface area contributed by atoms with Crippen LogP contribution in [0, 0.1) is 23.7 Å². The summed E-state index contributed by atoms with van der Waals surface area (Å²) in [6, 6.07) is 0. The van der Waals surface area contributed by atoms with Crippen LogP contribution < -0.4 is 0 Å². The molecule has 0 saturated heterocycles. The van der Waals surface area contributed by atoms with Crippen molar-refractivity contribution in [1.29, 1.82) is 0 Å². The molecule has 0 aliphatic rings. The van der Waals surface area contributed by atoms with Gasteiger partial charge in [0.25, 0.3) is 0 Å². The summed E-state index contributed by atoms with van der Waals surface area (Å²) >= 11 is 0. The monoisotopic (exact) mass is 733 g/mol. The molecule has 16 heteroatoms. The van der Waals surface area contributed by atoms with Gasteiger partial charge in [0, 0.05) is 26.1 Å². The van der Waals surface area contributed by atoms with Crippen LogP contribution in [0.15, 0.2) is 0 Å². The lowest BCUT2D eigenvalue weighted by atomic mass is 9.91. The SMILES string of the molecule is CC(C)CCCC(C)CCCC(C)CCCC(C)CC(=O)OCCOC(CN(CCN(CC(=O)O)CC(=O)O)CC(=O)O)N(CC(=O)O)C(=O)O. The van der Waals surface area contributed by atoms with Crippen molar-refractivity contribution < 1.29 is 63.8 Å². The minimum Gasteiger partial charge on any atom is -0.480 e. The van der Waals surface area contributed by atoms with E-state index < -0.39 is 74.9 Å². The van der Waals surface area contributed by atoms with E-state index in [1.54, 1.807) is 0 Å². The standard InChI is InChI=1S/C35H63N3O13/c1-25(2)9-6-10-26(3)11-7-12-27(4)13-8-14-28(5)19-34(47)51-18-17-50-29(38(35(48)49)24-33(45)46)20-36(21-30(39)40)15-16-37(22-31(41)42)23-32(43)44/h25-29H,6-24H2,1-5H3,(H,39,40)(H,41,42)(H,43,44)(H,45,46)(H,48,49). The van der Waals surface area contributed by atoms with E-state index in [9.17, 15) is 44.1 Å². The molecule has 0 aromatic heterocycles. The van der Waals surface area contributed by atoms with Gasteiger partial charge in [0.1, 0.15) is 19.4 Å². The maximum atomic E-state index is 12.5. The topological polar surface area (TPSA) is 232 Å². The van der Waals surface area contributed by atoms with Crippen molar-refractivity contribution >= 4 is 35.9 Å². The molecule has 16 nitrogen and oxygen atoms in total. The van der Waals surface area contributed by atoms with Gasteiger partial charge in [-0.15, -0.1) is 0 Å². The Morgan fingerprint density at radius 2 is 0.980 bits per heavy atom. The van der Waals surface area contributed by atoms with Gasteiger partial charge in [0.15, 0.2) is 0 Å². The van der Waals surface area contributed by atoms with Crippen LogP contribution in [-0.4, -0.2) is 141 Å². The van der Waals surface area contributed by atoms with E-state index in [1.165, 1.54) is 43.4 Å². The molecule has 0 saturated carbocycles. The zero-order valence-electron chi connectivity index (χ0n) is 31.2. The molecule has 0 aliphatic carbocycles. The number of amides is 1. The molecule has 4 atom stereocenters. The molecule has 0 heterocycles. The van der Waals surface area contributed by atoms with E-state index in [2.05, 4.69) is 27.7 Å². The number of carbonyl (C=O) groups is 6. The van der Waals surface area contributed by atoms with Gasteiger partial charge in [-0.1, -0.05) is 92.4 Å². The summed E-state index contributed by atoms with van der Waals surface area (Å²) in [5, 5.41) is 46.5. The molecule has 296 valence electrons. The highest BCUT2D eigenvalue weighted by Crippen LogP contribution is 2.23. The second kappa shape index (κ2) is 27.2. The zero-order valence-corrected chi connectivity index (χ0v) is 31.2. The minimum atomic E-state index is -1.66. The van der Waals surface area contributed by atoms with Crippen LogP contribution in [0.25, 0.3) is 0 Å². The summed E-state index contributed by atoms with van der Waals surface area (Å²) in [5.74, 6) is -3.69. The number of ether oxygens (including phenoxy) is 2. The van der Waals surface area contributed by atoms with Crippen LogP contribution in [0.2, 0.25) is 0 Å². The van der Waals surface area contributed by atoms with Crippen molar-refractivity contribution in [1.82, 2.24) is 14.7 Å². The maximum Gasteiger partial charge on any atom is 0.409 e. The van der Waals surface area contributed by atoms with Gasteiger partial charge in [0.05, 0.1) is 26.2 Å². The van der Waals surface area contributed by atoms with Crippen LogP contribution in [0.5, 0.6) is 0 Å². The molecule has 0 fully saturated rings. The second-order valence-electron chi connectivity index (χ2n) is 14.2. The summed E-state index contributed by atoms with van der Waals surface area (Å²) in [4.78, 5) is 72.3. The number of carboxylic acids is 4. The minimum absolute atomic E-state index is 0.0869. The fourth-order valence-corrected chi connectivity index (χ4v) is 5.78. The maximum absolute atomic E-state index is 12.5. The Morgan fingerprint density at radius 3 is 1.43 bits per heavy atom. The molecule has 0 radical (unpaired) electrons. The van der Waals surface area contributed by atoms with Crippen molar-refractivity contribution in [3.8, 4) is 0 Å². The van der Waals surface area contributed by atoms with E-state index in [0.29, 0.717) is 10.8 Å². The molecule has 4 unspecified atom stereocenters. The normalized spacial score (nSPS) is 13.9. The van der Waals surface area contributed by atoms with Gasteiger partial charge in [-0.2, -0.15) is 0 Å². The Labute approximate surface area is 302 Å². The van der Waals surface area contributed by atoms with E-state index in [4.69, 9.17) is 19.7 Å². The van der Waals surface area contributed by atoms with Gasteiger partial charge >= 0.3 is 35.9 Å². The van der Waals surface area contributed by atoms with Crippen molar-refractivity contribution in [2.45, 2.75) is 105 Å². The van der Waals surface area contributed by atoms with Crippen molar-refractivity contribution in [3.05, 3.63) is 0 Å². The lowest BCUT2D eigenvalue weighted by molar-refractivity contribution is -0.151. The number of hydrogen-bond acceptors (Lipinski definition) is 10. The smallest absolute Gasteiger partial charge is 0.409 e. The molecule has 1 amide bonds. The third kappa shape index (κ3) is 26.9. The fourth-order valence-electron chi connectivity index (χ4n) is 5.78. The highest BCUT2D eigenvalue weighted by atomic mass is 16.6. The van der Waals surface area contributed by atoms with Gasteiger partial charge in [-0.05, 0) is 23.7 Å². The van der Waals surface area contributed by atoms with Crippen LogP contribution in [0.1, 0.15) is 98.8 Å². The number of aliphatic carboxylic acids is 4. The molecule has 0 aromatic rings. The molecular formula is C35H63N3O13. The molecular weight excluding hydrogens is 670 g/mol. The van der Waals surface area contributed by atoms with Crippen molar-refractivity contribution in [2.75, 3.05) is 59.0 Å².